The van der Waals surface area contributed by atoms with E-state index in [1.807, 2.05) is 0 Å². The third-order valence-electron chi connectivity index (χ3n) is 4.04. The number of carbonyl (C=O) groups is 1. The third-order valence-corrected chi connectivity index (χ3v) is 4.87. The van der Waals surface area contributed by atoms with Crippen molar-refractivity contribution in [3.8, 4) is 11.5 Å². The summed E-state index contributed by atoms with van der Waals surface area (Å²) >= 11 is 6.06. The molecule has 2 heterocycles. The van der Waals surface area contributed by atoms with Crippen molar-refractivity contribution in [3.05, 3.63) is 46.6 Å². The topological polar surface area (TPSA) is 88.6 Å². The van der Waals surface area contributed by atoms with Gasteiger partial charge >= 0.3 is 0 Å². The summed E-state index contributed by atoms with van der Waals surface area (Å²) in [5.41, 5.74) is -0.841. The first-order valence-corrected chi connectivity index (χ1v) is 10.6. The van der Waals surface area contributed by atoms with Crippen LogP contribution in [0.3, 0.4) is 0 Å². The van der Waals surface area contributed by atoms with Gasteiger partial charge in [0.05, 0.1) is 29.6 Å². The molecule has 0 bridgehead atoms. The van der Waals surface area contributed by atoms with Gasteiger partial charge in [-0.15, -0.1) is 0 Å². The molecule has 0 saturated carbocycles. The number of nitrogens with one attached hydrogen (secondary N) is 1. The average molecular weight is 468 g/mol. The van der Waals surface area contributed by atoms with Gasteiger partial charge in [-0.3, -0.25) is 4.79 Å². The lowest BCUT2D eigenvalue weighted by Gasteiger charge is -2.18. The number of nitrogens with zero attached hydrogens (tertiary/aromatic N) is 2. The first-order chi connectivity index (χ1) is 13.8. The van der Waals surface area contributed by atoms with Crippen LogP contribution < -0.4 is 14.4 Å². The number of hydrogen-bond donors (Lipinski definition) is 1. The molecule has 0 unspecified atom stereocenters. The molecular formula is C17H14ClF4N3O4S. The molecule has 162 valence electrons. The van der Waals surface area contributed by atoms with Crippen LogP contribution in [0.15, 0.2) is 24.4 Å². The molecule has 30 heavy (non-hydrogen) atoms. The third kappa shape index (κ3) is 5.11. The van der Waals surface area contributed by atoms with Crippen molar-refractivity contribution in [1.82, 2.24) is 9.71 Å². The second-order valence-corrected chi connectivity index (χ2v) is 8.73. The number of rotatable bonds is 5. The summed E-state index contributed by atoms with van der Waals surface area (Å²) in [4.78, 5) is 17.0. The van der Waals surface area contributed by atoms with E-state index in [0.717, 1.165) is 6.20 Å². The first-order valence-electron chi connectivity index (χ1n) is 8.32. The van der Waals surface area contributed by atoms with Crippen LogP contribution in [-0.2, 0) is 10.0 Å². The van der Waals surface area contributed by atoms with E-state index < -0.39 is 51.3 Å². The minimum absolute atomic E-state index is 0.0322. The molecule has 3 rings (SSSR count). The summed E-state index contributed by atoms with van der Waals surface area (Å²) in [6, 6.07) is 2.22. The van der Waals surface area contributed by atoms with E-state index in [2.05, 4.69) is 4.98 Å². The zero-order valence-electron chi connectivity index (χ0n) is 15.3. The van der Waals surface area contributed by atoms with E-state index in [-0.39, 0.29) is 29.6 Å². The normalized spacial score (nSPS) is 15.9. The Balaban J connectivity index is 1.80. The van der Waals surface area contributed by atoms with Crippen LogP contribution in [0.4, 0.5) is 23.4 Å². The number of hydrogen-bond acceptors (Lipinski definition) is 6. The van der Waals surface area contributed by atoms with Crippen LogP contribution in [0.1, 0.15) is 16.8 Å². The van der Waals surface area contributed by atoms with Gasteiger partial charge in [0.25, 0.3) is 11.8 Å². The Morgan fingerprint density at radius 2 is 1.97 bits per heavy atom. The molecule has 0 aliphatic carbocycles. The zero-order chi connectivity index (χ0) is 22.3. The molecule has 1 aliphatic heterocycles. The Morgan fingerprint density at radius 3 is 2.53 bits per heavy atom. The number of ether oxygens (including phenoxy) is 1. The second kappa shape index (κ2) is 7.91. The lowest BCUT2D eigenvalue weighted by Crippen LogP contribution is -2.30. The Bertz CT molecular complexity index is 1110. The monoisotopic (exact) mass is 467 g/mol. The highest BCUT2D eigenvalue weighted by Gasteiger charge is 2.39. The predicted molar refractivity (Wildman–Crippen MR) is 99.8 cm³/mol. The fourth-order valence-corrected chi connectivity index (χ4v) is 3.47. The molecule has 0 atom stereocenters. The number of pyridine rings is 1. The maximum Gasteiger partial charge on any atom is 0.267 e. The summed E-state index contributed by atoms with van der Waals surface area (Å²) in [6.45, 7) is -0.493. The van der Waals surface area contributed by atoms with E-state index in [0.29, 0.717) is 18.4 Å². The zero-order valence-corrected chi connectivity index (χ0v) is 16.8. The molecule has 1 aliphatic rings. The highest BCUT2D eigenvalue weighted by molar-refractivity contribution is 7.89. The van der Waals surface area contributed by atoms with Gasteiger partial charge in [-0.25, -0.2) is 35.7 Å². The maximum atomic E-state index is 14.3. The van der Waals surface area contributed by atoms with Crippen molar-refractivity contribution in [3.63, 3.8) is 0 Å². The van der Waals surface area contributed by atoms with Crippen molar-refractivity contribution in [2.45, 2.75) is 12.3 Å². The van der Waals surface area contributed by atoms with Gasteiger partial charge < -0.3 is 9.64 Å². The van der Waals surface area contributed by atoms with Gasteiger partial charge in [0.2, 0.25) is 10.0 Å². The highest BCUT2D eigenvalue weighted by atomic mass is 35.5. The summed E-state index contributed by atoms with van der Waals surface area (Å²) in [5, 5.41) is -0.0322. The number of benzene rings is 1. The second-order valence-electron chi connectivity index (χ2n) is 6.57. The van der Waals surface area contributed by atoms with Gasteiger partial charge in [-0.2, -0.15) is 0 Å². The molecule has 1 N–H and O–H groups in total. The molecule has 1 amide bonds. The van der Waals surface area contributed by atoms with Gasteiger partial charge in [0, 0.05) is 25.1 Å². The number of anilines is 1. The summed E-state index contributed by atoms with van der Waals surface area (Å²) in [7, 11) is -3.98. The fourth-order valence-electron chi connectivity index (χ4n) is 2.75. The van der Waals surface area contributed by atoms with Crippen LogP contribution in [0, 0.1) is 11.6 Å². The van der Waals surface area contributed by atoms with E-state index in [4.69, 9.17) is 16.3 Å². The van der Waals surface area contributed by atoms with Crippen molar-refractivity contribution in [2.75, 3.05) is 24.2 Å². The largest absolute Gasteiger partial charge is 0.452 e. The minimum Gasteiger partial charge on any atom is -0.452 e. The standard InChI is InChI=1S/C17H14ClF4N3O4S/c1-30(27,28)24-16(26)10-5-13(20)14(6-12(10)19)29-9-4-11(18)15(23-7-9)25-3-2-17(21,22)8-25/h4-7H,2-3,8H2,1H3,(H,24,26). The Labute approximate surface area is 173 Å². The van der Waals surface area contributed by atoms with E-state index in [1.165, 1.54) is 15.7 Å². The van der Waals surface area contributed by atoms with Crippen molar-refractivity contribution >= 4 is 33.3 Å². The Hall–Kier alpha value is -2.60. The molecule has 0 radical (unpaired) electrons. The molecule has 1 aromatic heterocycles. The molecule has 1 saturated heterocycles. The molecule has 1 fully saturated rings. The molecule has 1 aromatic carbocycles. The average Bonchev–Trinajstić information content (AvgIpc) is 2.96. The van der Waals surface area contributed by atoms with E-state index >= 15 is 0 Å². The van der Waals surface area contributed by atoms with Crippen LogP contribution in [-0.4, -0.2) is 44.6 Å². The molecule has 2 aromatic rings. The van der Waals surface area contributed by atoms with Crippen LogP contribution in [0.2, 0.25) is 5.02 Å². The summed E-state index contributed by atoms with van der Waals surface area (Å²) in [5.74, 6) is -7.23. The molecular weight excluding hydrogens is 454 g/mol. The van der Waals surface area contributed by atoms with Gasteiger partial charge in [0.15, 0.2) is 11.6 Å². The Morgan fingerprint density at radius 1 is 1.27 bits per heavy atom. The smallest absolute Gasteiger partial charge is 0.267 e. The lowest BCUT2D eigenvalue weighted by atomic mass is 10.2. The van der Waals surface area contributed by atoms with E-state index in [9.17, 15) is 30.8 Å². The van der Waals surface area contributed by atoms with Gasteiger partial charge in [-0.1, -0.05) is 11.6 Å². The van der Waals surface area contributed by atoms with Gasteiger partial charge in [-0.05, 0) is 6.07 Å². The molecule has 13 heteroatoms. The SMILES string of the molecule is CS(=O)(=O)NC(=O)c1cc(F)c(Oc2cnc(N3CCC(F)(F)C3)c(Cl)c2)cc1F. The quantitative estimate of drug-likeness (QED) is 0.678. The number of aromatic nitrogens is 1. The summed E-state index contributed by atoms with van der Waals surface area (Å²) in [6.07, 6.45) is 1.44. The number of carbonyl (C=O) groups excluding carboxylic acids is 1. The number of halogens is 5. The van der Waals surface area contributed by atoms with E-state index in [1.54, 1.807) is 0 Å². The fraction of sp³-hybridized carbons (Fsp3) is 0.294. The van der Waals surface area contributed by atoms with Crippen LogP contribution >= 0.6 is 11.6 Å². The molecule has 7 nitrogen and oxygen atoms in total. The van der Waals surface area contributed by atoms with Crippen molar-refractivity contribution in [2.24, 2.45) is 0 Å². The van der Waals surface area contributed by atoms with Crippen molar-refractivity contribution in [1.29, 1.82) is 0 Å². The maximum absolute atomic E-state index is 14.3. The van der Waals surface area contributed by atoms with Gasteiger partial charge in [0.1, 0.15) is 17.4 Å². The molecule has 0 spiro atoms. The highest BCUT2D eigenvalue weighted by Crippen LogP contribution is 2.36. The first kappa shape index (κ1) is 22.1. The van der Waals surface area contributed by atoms with Crippen LogP contribution in [0.25, 0.3) is 0 Å². The van der Waals surface area contributed by atoms with Crippen molar-refractivity contribution < 1.29 is 35.5 Å². The number of alkyl halides is 2. The predicted octanol–water partition coefficient (Wildman–Crippen LogP) is 3.34. The van der Waals surface area contributed by atoms with Crippen LogP contribution in [0.5, 0.6) is 11.5 Å². The summed E-state index contributed by atoms with van der Waals surface area (Å²) < 4.78 is 84.0. The number of amides is 1. The minimum atomic E-state index is -3.98. The number of sulfonamides is 1. The lowest BCUT2D eigenvalue weighted by molar-refractivity contribution is 0.0256. The Kier molecular flexibility index (Phi) is 5.83.